The molecule has 0 radical (unpaired) electrons. The summed E-state index contributed by atoms with van der Waals surface area (Å²) in [7, 11) is 3.09. The molecule has 1 aliphatic rings. The van der Waals surface area contributed by atoms with Crippen molar-refractivity contribution in [2.24, 2.45) is 5.73 Å². The van der Waals surface area contributed by atoms with Crippen molar-refractivity contribution in [2.75, 3.05) is 19.5 Å². The molecule has 0 saturated heterocycles. The number of aromatic nitrogens is 1. The Kier molecular flexibility index (Phi) is 6.04. The molecule has 1 amide bonds. The Morgan fingerprint density at radius 1 is 1.38 bits per heavy atom. The first-order valence-electron chi connectivity index (χ1n) is 7.38. The molecule has 130 valence electrons. The molecular weight excluding hydrogens is 350 g/mol. The third-order valence-electron chi connectivity index (χ3n) is 3.85. The average Bonchev–Trinajstić information content (AvgIpc) is 2.95. The Balaban J connectivity index is 0.00000208. The Bertz CT molecular complexity index is 735. The Hall–Kier alpha value is -1.83. The zero-order chi connectivity index (χ0) is 16.4. The van der Waals surface area contributed by atoms with Crippen molar-refractivity contribution in [1.29, 1.82) is 0 Å². The molecule has 8 heteroatoms. The fraction of sp³-hybridized carbons (Fsp3) is 0.375. The number of carbonyl (C=O) groups excluding carboxylic acids is 1. The smallest absolute Gasteiger partial charge is 0.261 e. The number of nitrogens with two attached hydrogens (primary N) is 1. The highest BCUT2D eigenvalue weighted by Crippen LogP contribution is 2.30. The van der Waals surface area contributed by atoms with Crippen molar-refractivity contribution in [2.45, 2.75) is 25.3 Å². The summed E-state index contributed by atoms with van der Waals surface area (Å²) >= 11 is 1.49. The first-order chi connectivity index (χ1) is 11.1. The maximum atomic E-state index is 12.5. The van der Waals surface area contributed by atoms with Crippen LogP contribution in [0, 0.1) is 0 Å². The van der Waals surface area contributed by atoms with Gasteiger partial charge in [0.2, 0.25) is 0 Å². The second kappa shape index (κ2) is 7.83. The third-order valence-corrected chi connectivity index (χ3v) is 4.89. The minimum absolute atomic E-state index is 0. The number of benzene rings is 1. The topological polar surface area (TPSA) is 86.5 Å². The summed E-state index contributed by atoms with van der Waals surface area (Å²) in [6, 6.07) is 5.27. The van der Waals surface area contributed by atoms with Gasteiger partial charge in [0.25, 0.3) is 5.91 Å². The van der Waals surface area contributed by atoms with Crippen LogP contribution < -0.4 is 20.5 Å². The number of ether oxygens (including phenoxy) is 2. The number of hydrogen-bond acceptors (Lipinski definition) is 6. The monoisotopic (exact) mass is 369 g/mol. The van der Waals surface area contributed by atoms with Crippen molar-refractivity contribution in [3.05, 3.63) is 34.3 Å². The standard InChI is InChI=1S/C16H19N3O3S.ClH/c1-21-10-4-5-11(13(8-10)22-2)15(20)19-16-18-12-6-3-9(17)7-14(12)23-16;/h4-5,8-9H,3,6-7,17H2,1-2H3,(H,18,19,20);1H/t9-;/m0./s1. The molecule has 0 unspecified atom stereocenters. The average molecular weight is 370 g/mol. The first-order valence-corrected chi connectivity index (χ1v) is 8.20. The van der Waals surface area contributed by atoms with Gasteiger partial charge in [-0.15, -0.1) is 23.7 Å². The SMILES string of the molecule is COc1ccc(C(=O)Nc2nc3c(s2)C[C@@H](N)CC3)c(OC)c1.Cl. The van der Waals surface area contributed by atoms with E-state index in [4.69, 9.17) is 15.2 Å². The molecule has 1 atom stereocenters. The minimum atomic E-state index is -0.250. The van der Waals surface area contributed by atoms with E-state index >= 15 is 0 Å². The van der Waals surface area contributed by atoms with E-state index in [0.29, 0.717) is 22.2 Å². The molecule has 24 heavy (non-hydrogen) atoms. The number of nitrogens with zero attached hydrogens (tertiary/aromatic N) is 1. The van der Waals surface area contributed by atoms with E-state index in [9.17, 15) is 4.79 Å². The number of nitrogens with one attached hydrogen (secondary N) is 1. The molecule has 0 spiro atoms. The van der Waals surface area contributed by atoms with Gasteiger partial charge in [0.15, 0.2) is 5.13 Å². The lowest BCUT2D eigenvalue weighted by molar-refractivity contribution is 0.102. The van der Waals surface area contributed by atoms with Crippen LogP contribution in [0.4, 0.5) is 5.13 Å². The molecule has 0 fully saturated rings. The lowest BCUT2D eigenvalue weighted by Gasteiger charge is -2.15. The molecule has 0 aliphatic heterocycles. The molecule has 1 heterocycles. The molecule has 1 aromatic heterocycles. The molecule has 1 aliphatic carbocycles. The highest BCUT2D eigenvalue weighted by atomic mass is 35.5. The second-order valence-electron chi connectivity index (χ2n) is 5.41. The summed E-state index contributed by atoms with van der Waals surface area (Å²) < 4.78 is 10.4. The van der Waals surface area contributed by atoms with Gasteiger partial charge in [0.05, 0.1) is 25.5 Å². The molecule has 0 bridgehead atoms. The first kappa shape index (κ1) is 18.5. The van der Waals surface area contributed by atoms with Crippen molar-refractivity contribution in [3.63, 3.8) is 0 Å². The van der Waals surface area contributed by atoms with Crippen molar-refractivity contribution in [3.8, 4) is 11.5 Å². The number of hydrogen-bond donors (Lipinski definition) is 2. The summed E-state index contributed by atoms with van der Waals surface area (Å²) in [5, 5.41) is 3.45. The number of halogens is 1. The van der Waals surface area contributed by atoms with Crippen molar-refractivity contribution < 1.29 is 14.3 Å². The van der Waals surface area contributed by atoms with Gasteiger partial charge in [-0.3, -0.25) is 10.1 Å². The zero-order valence-corrected chi connectivity index (χ0v) is 15.1. The van der Waals surface area contributed by atoms with E-state index < -0.39 is 0 Å². The second-order valence-corrected chi connectivity index (χ2v) is 6.50. The number of fused-ring (bicyclic) bond motifs is 1. The third kappa shape index (κ3) is 3.80. The predicted octanol–water partition coefficient (Wildman–Crippen LogP) is 2.65. The van der Waals surface area contributed by atoms with Crippen LogP contribution in [0.3, 0.4) is 0 Å². The lowest BCUT2D eigenvalue weighted by Crippen LogP contribution is -2.27. The summed E-state index contributed by atoms with van der Waals surface area (Å²) in [6.07, 6.45) is 2.64. The number of carbonyl (C=O) groups is 1. The molecule has 2 aromatic rings. The van der Waals surface area contributed by atoms with Gasteiger partial charge in [-0.1, -0.05) is 0 Å². The van der Waals surface area contributed by atoms with E-state index in [1.54, 1.807) is 25.3 Å². The quantitative estimate of drug-likeness (QED) is 0.865. The molecular formula is C16H20ClN3O3S. The van der Waals surface area contributed by atoms with E-state index in [-0.39, 0.29) is 24.4 Å². The normalized spacial score (nSPS) is 15.9. The van der Waals surface area contributed by atoms with Gasteiger partial charge < -0.3 is 15.2 Å². The Labute approximate surface area is 150 Å². The fourth-order valence-electron chi connectivity index (χ4n) is 2.60. The number of amides is 1. The van der Waals surface area contributed by atoms with Crippen LogP contribution in [-0.4, -0.2) is 31.2 Å². The highest BCUT2D eigenvalue weighted by Gasteiger charge is 2.21. The van der Waals surface area contributed by atoms with Gasteiger partial charge in [0, 0.05) is 17.0 Å². The van der Waals surface area contributed by atoms with Gasteiger partial charge in [-0.05, 0) is 31.4 Å². The largest absolute Gasteiger partial charge is 0.497 e. The van der Waals surface area contributed by atoms with Crippen molar-refractivity contribution in [1.82, 2.24) is 4.98 Å². The lowest BCUT2D eigenvalue weighted by atomic mass is 9.99. The van der Waals surface area contributed by atoms with Gasteiger partial charge in [0.1, 0.15) is 11.5 Å². The van der Waals surface area contributed by atoms with Crippen LogP contribution in [0.15, 0.2) is 18.2 Å². The Morgan fingerprint density at radius 2 is 2.17 bits per heavy atom. The highest BCUT2D eigenvalue weighted by molar-refractivity contribution is 7.15. The summed E-state index contributed by atoms with van der Waals surface area (Å²) in [4.78, 5) is 18.2. The van der Waals surface area contributed by atoms with E-state index in [1.165, 1.54) is 23.3 Å². The van der Waals surface area contributed by atoms with E-state index in [0.717, 1.165) is 25.0 Å². The molecule has 3 N–H and O–H groups in total. The number of thiazole rings is 1. The van der Waals surface area contributed by atoms with Crippen LogP contribution in [-0.2, 0) is 12.8 Å². The summed E-state index contributed by atoms with van der Waals surface area (Å²) in [6.45, 7) is 0. The van der Waals surface area contributed by atoms with Gasteiger partial charge >= 0.3 is 0 Å². The van der Waals surface area contributed by atoms with Crippen LogP contribution in [0.5, 0.6) is 11.5 Å². The maximum Gasteiger partial charge on any atom is 0.261 e. The predicted molar refractivity (Wildman–Crippen MR) is 96.9 cm³/mol. The number of anilines is 1. The Morgan fingerprint density at radius 3 is 2.88 bits per heavy atom. The van der Waals surface area contributed by atoms with Crippen molar-refractivity contribution >= 4 is 34.8 Å². The van der Waals surface area contributed by atoms with Gasteiger partial charge in [-0.2, -0.15) is 0 Å². The number of rotatable bonds is 4. The van der Waals surface area contributed by atoms with Crippen LogP contribution >= 0.6 is 23.7 Å². The molecule has 6 nitrogen and oxygen atoms in total. The number of aryl methyl sites for hydroxylation is 1. The van der Waals surface area contributed by atoms with Crippen LogP contribution in [0.25, 0.3) is 0 Å². The summed E-state index contributed by atoms with van der Waals surface area (Å²) in [5.74, 6) is 0.849. The fourth-order valence-corrected chi connectivity index (χ4v) is 3.70. The van der Waals surface area contributed by atoms with Crippen LogP contribution in [0.2, 0.25) is 0 Å². The number of methoxy groups -OCH3 is 2. The molecule has 1 aromatic carbocycles. The molecule has 0 saturated carbocycles. The molecule has 3 rings (SSSR count). The van der Waals surface area contributed by atoms with Gasteiger partial charge in [-0.25, -0.2) is 4.98 Å². The summed E-state index contributed by atoms with van der Waals surface area (Å²) in [5.41, 5.74) is 7.47. The maximum absolute atomic E-state index is 12.5. The minimum Gasteiger partial charge on any atom is -0.497 e. The van der Waals surface area contributed by atoms with E-state index in [2.05, 4.69) is 10.3 Å². The van der Waals surface area contributed by atoms with Crippen LogP contribution in [0.1, 0.15) is 27.3 Å². The van der Waals surface area contributed by atoms with E-state index in [1.807, 2.05) is 0 Å². The zero-order valence-electron chi connectivity index (χ0n) is 13.5.